The molecule has 0 aliphatic rings. The zero-order valence-electron chi connectivity index (χ0n) is 10.2. The lowest BCUT2D eigenvalue weighted by molar-refractivity contribution is -0.121. The van der Waals surface area contributed by atoms with E-state index < -0.39 is 0 Å². The molecule has 1 aromatic rings. The standard InChI is InChI=1S/C13H20N2O/c1-9-4-6-12(7-5-9)11(3)15-13(16)8-10(2)14/h4-7,10-11H,8,14H2,1-3H3,(H,15,16)/t10?,11-/m1/s1. The van der Waals surface area contributed by atoms with Crippen molar-refractivity contribution in [1.82, 2.24) is 5.32 Å². The van der Waals surface area contributed by atoms with E-state index in [-0.39, 0.29) is 18.0 Å². The van der Waals surface area contributed by atoms with E-state index in [1.54, 1.807) is 0 Å². The van der Waals surface area contributed by atoms with Crippen molar-refractivity contribution >= 4 is 5.91 Å². The molecule has 1 aromatic carbocycles. The maximum atomic E-state index is 11.5. The number of benzene rings is 1. The molecule has 0 aliphatic carbocycles. The van der Waals surface area contributed by atoms with Gasteiger partial charge in [-0.3, -0.25) is 4.79 Å². The Labute approximate surface area is 97.0 Å². The Bertz CT molecular complexity index is 343. The Morgan fingerprint density at radius 3 is 2.38 bits per heavy atom. The van der Waals surface area contributed by atoms with Crippen LogP contribution in [-0.2, 0) is 4.79 Å². The van der Waals surface area contributed by atoms with Crippen molar-refractivity contribution in [3.8, 4) is 0 Å². The average Bonchev–Trinajstić information content (AvgIpc) is 2.16. The fourth-order valence-corrected chi connectivity index (χ4v) is 1.53. The summed E-state index contributed by atoms with van der Waals surface area (Å²) in [5, 5.41) is 2.93. The Morgan fingerprint density at radius 2 is 1.88 bits per heavy atom. The van der Waals surface area contributed by atoms with E-state index in [4.69, 9.17) is 5.73 Å². The fourth-order valence-electron chi connectivity index (χ4n) is 1.53. The fraction of sp³-hybridized carbons (Fsp3) is 0.462. The number of nitrogens with two attached hydrogens (primary N) is 1. The highest BCUT2D eigenvalue weighted by Crippen LogP contribution is 2.13. The third-order valence-corrected chi connectivity index (χ3v) is 2.46. The Morgan fingerprint density at radius 1 is 1.31 bits per heavy atom. The molecule has 0 radical (unpaired) electrons. The van der Waals surface area contributed by atoms with Crippen molar-refractivity contribution in [2.24, 2.45) is 5.73 Å². The summed E-state index contributed by atoms with van der Waals surface area (Å²) < 4.78 is 0. The number of rotatable bonds is 4. The highest BCUT2D eigenvalue weighted by Gasteiger charge is 2.10. The maximum absolute atomic E-state index is 11.5. The van der Waals surface area contributed by atoms with Gasteiger partial charge in [-0.05, 0) is 26.3 Å². The molecule has 0 saturated carbocycles. The van der Waals surface area contributed by atoms with Gasteiger partial charge in [0.1, 0.15) is 0 Å². The van der Waals surface area contributed by atoms with Crippen LogP contribution in [0, 0.1) is 6.92 Å². The molecule has 88 valence electrons. The molecule has 2 atom stereocenters. The lowest BCUT2D eigenvalue weighted by Crippen LogP contribution is -2.31. The van der Waals surface area contributed by atoms with Crippen LogP contribution >= 0.6 is 0 Å². The summed E-state index contributed by atoms with van der Waals surface area (Å²) in [5.41, 5.74) is 7.90. The monoisotopic (exact) mass is 220 g/mol. The van der Waals surface area contributed by atoms with E-state index in [1.807, 2.05) is 45.0 Å². The van der Waals surface area contributed by atoms with Crippen molar-refractivity contribution in [3.05, 3.63) is 35.4 Å². The first-order chi connectivity index (χ1) is 7.49. The van der Waals surface area contributed by atoms with Crippen molar-refractivity contribution in [2.45, 2.75) is 39.3 Å². The summed E-state index contributed by atoms with van der Waals surface area (Å²) >= 11 is 0. The van der Waals surface area contributed by atoms with Gasteiger partial charge in [0.2, 0.25) is 5.91 Å². The van der Waals surface area contributed by atoms with Gasteiger partial charge in [-0.1, -0.05) is 29.8 Å². The Balaban J connectivity index is 2.55. The zero-order valence-corrected chi connectivity index (χ0v) is 10.2. The van der Waals surface area contributed by atoms with Crippen molar-refractivity contribution < 1.29 is 4.79 Å². The van der Waals surface area contributed by atoms with Gasteiger partial charge >= 0.3 is 0 Å². The topological polar surface area (TPSA) is 55.1 Å². The predicted octanol–water partition coefficient (Wildman–Crippen LogP) is 1.91. The third-order valence-electron chi connectivity index (χ3n) is 2.46. The smallest absolute Gasteiger partial charge is 0.222 e. The molecular formula is C13H20N2O. The first-order valence-corrected chi connectivity index (χ1v) is 5.60. The predicted molar refractivity (Wildman–Crippen MR) is 66.0 cm³/mol. The van der Waals surface area contributed by atoms with E-state index in [0.717, 1.165) is 5.56 Å². The minimum Gasteiger partial charge on any atom is -0.350 e. The molecule has 0 saturated heterocycles. The molecule has 3 heteroatoms. The van der Waals surface area contributed by atoms with Crippen molar-refractivity contribution in [1.29, 1.82) is 0 Å². The molecule has 0 heterocycles. The van der Waals surface area contributed by atoms with Crippen LogP contribution in [-0.4, -0.2) is 11.9 Å². The summed E-state index contributed by atoms with van der Waals surface area (Å²) in [5.74, 6) is 0.00285. The van der Waals surface area contributed by atoms with Gasteiger partial charge in [-0.25, -0.2) is 0 Å². The molecule has 3 N–H and O–H groups in total. The average molecular weight is 220 g/mol. The van der Waals surface area contributed by atoms with Crippen LogP contribution in [0.1, 0.15) is 37.4 Å². The number of amides is 1. The minimum atomic E-state index is -0.0924. The molecule has 0 spiro atoms. The summed E-state index contributed by atoms with van der Waals surface area (Å²) in [7, 11) is 0. The van der Waals surface area contributed by atoms with E-state index >= 15 is 0 Å². The number of nitrogens with one attached hydrogen (secondary N) is 1. The Hall–Kier alpha value is -1.35. The van der Waals surface area contributed by atoms with Crippen LogP contribution in [0.15, 0.2) is 24.3 Å². The molecule has 3 nitrogen and oxygen atoms in total. The molecule has 0 bridgehead atoms. The van der Waals surface area contributed by atoms with Crippen LogP contribution < -0.4 is 11.1 Å². The number of carbonyl (C=O) groups is 1. The van der Waals surface area contributed by atoms with Gasteiger partial charge in [-0.15, -0.1) is 0 Å². The van der Waals surface area contributed by atoms with Crippen molar-refractivity contribution in [3.63, 3.8) is 0 Å². The quantitative estimate of drug-likeness (QED) is 0.814. The minimum absolute atomic E-state index is 0.00285. The lowest BCUT2D eigenvalue weighted by atomic mass is 10.1. The highest BCUT2D eigenvalue weighted by atomic mass is 16.1. The van der Waals surface area contributed by atoms with E-state index in [1.165, 1.54) is 5.56 Å². The molecule has 0 aromatic heterocycles. The summed E-state index contributed by atoms with van der Waals surface area (Å²) in [6.07, 6.45) is 0.371. The molecular weight excluding hydrogens is 200 g/mol. The number of carbonyl (C=O) groups excluding carboxylic acids is 1. The number of hydrogen-bond donors (Lipinski definition) is 2. The van der Waals surface area contributed by atoms with Crippen LogP contribution in [0.3, 0.4) is 0 Å². The second kappa shape index (κ2) is 5.66. The van der Waals surface area contributed by atoms with Gasteiger partial charge in [0.05, 0.1) is 6.04 Å². The van der Waals surface area contributed by atoms with E-state index in [2.05, 4.69) is 5.32 Å². The first-order valence-electron chi connectivity index (χ1n) is 5.60. The second-order valence-corrected chi connectivity index (χ2v) is 4.38. The van der Waals surface area contributed by atoms with Crippen molar-refractivity contribution in [2.75, 3.05) is 0 Å². The highest BCUT2D eigenvalue weighted by molar-refractivity contribution is 5.76. The first kappa shape index (κ1) is 12.7. The van der Waals surface area contributed by atoms with Gasteiger partial charge in [0.25, 0.3) is 0 Å². The summed E-state index contributed by atoms with van der Waals surface area (Å²) in [4.78, 5) is 11.5. The molecule has 1 rings (SSSR count). The molecule has 1 unspecified atom stereocenters. The van der Waals surface area contributed by atoms with E-state index in [9.17, 15) is 4.79 Å². The van der Waals surface area contributed by atoms with E-state index in [0.29, 0.717) is 6.42 Å². The molecule has 1 amide bonds. The normalized spacial score (nSPS) is 14.2. The van der Waals surface area contributed by atoms with Gasteiger partial charge < -0.3 is 11.1 Å². The van der Waals surface area contributed by atoms with Gasteiger partial charge in [0.15, 0.2) is 0 Å². The van der Waals surface area contributed by atoms with Gasteiger partial charge in [0, 0.05) is 12.5 Å². The maximum Gasteiger partial charge on any atom is 0.222 e. The van der Waals surface area contributed by atoms with Gasteiger partial charge in [-0.2, -0.15) is 0 Å². The summed E-state index contributed by atoms with van der Waals surface area (Å²) in [6, 6.07) is 8.10. The zero-order chi connectivity index (χ0) is 12.1. The van der Waals surface area contributed by atoms with Crippen LogP contribution in [0.5, 0.6) is 0 Å². The molecule has 16 heavy (non-hydrogen) atoms. The largest absolute Gasteiger partial charge is 0.350 e. The molecule has 0 fully saturated rings. The second-order valence-electron chi connectivity index (χ2n) is 4.38. The third kappa shape index (κ3) is 4.03. The van der Waals surface area contributed by atoms with Crippen LogP contribution in [0.4, 0.5) is 0 Å². The van der Waals surface area contributed by atoms with Crippen LogP contribution in [0.25, 0.3) is 0 Å². The Kier molecular flexibility index (Phi) is 4.50. The number of hydrogen-bond acceptors (Lipinski definition) is 2. The SMILES string of the molecule is Cc1ccc([C@@H](C)NC(=O)CC(C)N)cc1. The lowest BCUT2D eigenvalue weighted by Gasteiger charge is -2.15. The summed E-state index contributed by atoms with van der Waals surface area (Å²) in [6.45, 7) is 5.85. The molecule has 0 aliphatic heterocycles. The van der Waals surface area contributed by atoms with Crippen LogP contribution in [0.2, 0.25) is 0 Å². The number of aryl methyl sites for hydroxylation is 1.